The molecular formula is C22H30N6. The minimum Gasteiger partial charge on any atom is -0.347 e. The summed E-state index contributed by atoms with van der Waals surface area (Å²) in [6.07, 6.45) is 9.57. The van der Waals surface area contributed by atoms with Crippen LogP contribution in [0.15, 0.2) is 43.0 Å². The van der Waals surface area contributed by atoms with Gasteiger partial charge in [-0.3, -0.25) is 9.67 Å². The molecule has 0 spiro atoms. The maximum absolute atomic E-state index is 4.78. The molecule has 0 saturated carbocycles. The largest absolute Gasteiger partial charge is 0.347 e. The van der Waals surface area contributed by atoms with E-state index in [-0.39, 0.29) is 11.5 Å². The fraction of sp³-hybridized carbons (Fsp3) is 0.455. The lowest BCUT2D eigenvalue weighted by atomic mass is 9.86. The smallest absolute Gasteiger partial charge is 0.223 e. The maximum atomic E-state index is 4.78. The number of hydrogen-bond acceptors (Lipinski definition) is 5. The van der Waals surface area contributed by atoms with Crippen molar-refractivity contribution in [2.45, 2.75) is 60.0 Å². The van der Waals surface area contributed by atoms with E-state index >= 15 is 0 Å². The Balaban J connectivity index is 1.87. The van der Waals surface area contributed by atoms with Crippen molar-refractivity contribution in [3.63, 3.8) is 0 Å². The van der Waals surface area contributed by atoms with Gasteiger partial charge in [-0.05, 0) is 42.9 Å². The fourth-order valence-electron chi connectivity index (χ4n) is 3.29. The van der Waals surface area contributed by atoms with Crippen molar-refractivity contribution in [1.82, 2.24) is 24.7 Å². The summed E-state index contributed by atoms with van der Waals surface area (Å²) < 4.78 is 1.98. The van der Waals surface area contributed by atoms with E-state index in [2.05, 4.69) is 60.3 Å². The molecule has 6 nitrogen and oxygen atoms in total. The molecule has 3 aromatic heterocycles. The third kappa shape index (κ3) is 5.15. The molecule has 3 heterocycles. The zero-order valence-electron chi connectivity index (χ0n) is 17.5. The lowest BCUT2D eigenvalue weighted by Crippen LogP contribution is -2.20. The van der Waals surface area contributed by atoms with Crippen LogP contribution < -0.4 is 5.32 Å². The quantitative estimate of drug-likeness (QED) is 0.623. The van der Waals surface area contributed by atoms with Crippen molar-refractivity contribution in [1.29, 1.82) is 0 Å². The van der Waals surface area contributed by atoms with E-state index in [4.69, 9.17) is 4.98 Å². The molecule has 0 fully saturated rings. The molecule has 1 atom stereocenters. The van der Waals surface area contributed by atoms with Crippen LogP contribution in [0.2, 0.25) is 0 Å². The van der Waals surface area contributed by atoms with E-state index in [0.29, 0.717) is 5.95 Å². The Morgan fingerprint density at radius 2 is 2.00 bits per heavy atom. The average molecular weight is 379 g/mol. The van der Waals surface area contributed by atoms with Crippen molar-refractivity contribution >= 4 is 5.95 Å². The van der Waals surface area contributed by atoms with E-state index in [1.807, 2.05) is 29.9 Å². The SMILES string of the molecule is CCCn1cc(-c2ccnc(N[C@H](CC(C)(C)C)c3cccnc3)n2)c(C)n1. The highest BCUT2D eigenvalue weighted by atomic mass is 15.3. The number of aryl methyl sites for hydroxylation is 2. The second kappa shape index (κ2) is 8.50. The van der Waals surface area contributed by atoms with E-state index in [9.17, 15) is 0 Å². The summed E-state index contributed by atoms with van der Waals surface area (Å²) in [5, 5.41) is 8.11. The minimum absolute atomic E-state index is 0.0906. The highest BCUT2D eigenvalue weighted by molar-refractivity contribution is 5.61. The van der Waals surface area contributed by atoms with Gasteiger partial charge < -0.3 is 5.32 Å². The molecule has 0 saturated heterocycles. The Morgan fingerprint density at radius 1 is 1.18 bits per heavy atom. The van der Waals surface area contributed by atoms with E-state index in [1.165, 1.54) is 0 Å². The second-order valence-electron chi connectivity index (χ2n) is 8.40. The number of nitrogens with one attached hydrogen (secondary N) is 1. The minimum atomic E-state index is 0.0906. The Labute approximate surface area is 167 Å². The predicted molar refractivity (Wildman–Crippen MR) is 113 cm³/mol. The number of pyridine rings is 1. The molecule has 0 aliphatic carbocycles. The van der Waals surface area contributed by atoms with Crippen LogP contribution in [-0.2, 0) is 6.54 Å². The average Bonchev–Trinajstić information content (AvgIpc) is 3.02. The zero-order chi connectivity index (χ0) is 20.1. The van der Waals surface area contributed by atoms with Gasteiger partial charge >= 0.3 is 0 Å². The summed E-state index contributed by atoms with van der Waals surface area (Å²) in [4.78, 5) is 13.5. The summed E-state index contributed by atoms with van der Waals surface area (Å²) in [5.41, 5.74) is 4.21. The van der Waals surface area contributed by atoms with Gasteiger partial charge in [0.2, 0.25) is 5.95 Å². The molecule has 0 amide bonds. The van der Waals surface area contributed by atoms with Crippen molar-refractivity contribution in [3.05, 3.63) is 54.2 Å². The Kier molecular flexibility index (Phi) is 6.07. The highest BCUT2D eigenvalue weighted by Crippen LogP contribution is 2.31. The summed E-state index contributed by atoms with van der Waals surface area (Å²) in [5.74, 6) is 0.623. The fourth-order valence-corrected chi connectivity index (χ4v) is 3.29. The van der Waals surface area contributed by atoms with Gasteiger partial charge in [-0.15, -0.1) is 0 Å². The molecule has 6 heteroatoms. The van der Waals surface area contributed by atoms with Gasteiger partial charge in [0, 0.05) is 36.9 Å². The summed E-state index contributed by atoms with van der Waals surface area (Å²) in [6, 6.07) is 6.09. The molecule has 3 aromatic rings. The molecule has 0 aliphatic rings. The molecule has 0 aromatic carbocycles. The van der Waals surface area contributed by atoms with Crippen molar-refractivity contribution in [3.8, 4) is 11.3 Å². The zero-order valence-corrected chi connectivity index (χ0v) is 17.5. The number of rotatable bonds is 7. The summed E-state index contributed by atoms with van der Waals surface area (Å²) in [6.45, 7) is 11.8. The van der Waals surface area contributed by atoms with Gasteiger partial charge in [0.25, 0.3) is 0 Å². The van der Waals surface area contributed by atoms with Crippen molar-refractivity contribution < 1.29 is 0 Å². The molecule has 0 aliphatic heterocycles. The third-order valence-corrected chi connectivity index (χ3v) is 4.54. The van der Waals surface area contributed by atoms with Gasteiger partial charge in [0.05, 0.1) is 17.4 Å². The van der Waals surface area contributed by atoms with Crippen molar-refractivity contribution in [2.75, 3.05) is 5.32 Å². The first kappa shape index (κ1) is 20.0. The van der Waals surface area contributed by atoms with Gasteiger partial charge in [0.15, 0.2) is 0 Å². The molecule has 0 unspecified atom stereocenters. The van der Waals surface area contributed by atoms with Crippen LogP contribution in [0.4, 0.5) is 5.95 Å². The van der Waals surface area contributed by atoms with Gasteiger partial charge in [-0.25, -0.2) is 9.97 Å². The normalized spacial score (nSPS) is 12.8. The topological polar surface area (TPSA) is 68.5 Å². The first-order valence-electron chi connectivity index (χ1n) is 9.89. The summed E-state index contributed by atoms with van der Waals surface area (Å²) in [7, 11) is 0. The molecular weight excluding hydrogens is 348 g/mol. The van der Waals surface area contributed by atoms with Crippen LogP contribution in [0, 0.1) is 12.3 Å². The van der Waals surface area contributed by atoms with Gasteiger partial charge in [-0.1, -0.05) is 33.8 Å². The number of hydrogen-bond donors (Lipinski definition) is 1. The van der Waals surface area contributed by atoms with Crippen LogP contribution in [0.1, 0.15) is 57.8 Å². The Bertz CT molecular complexity index is 895. The Hall–Kier alpha value is -2.76. The number of nitrogens with zero attached hydrogens (tertiary/aromatic N) is 5. The van der Waals surface area contributed by atoms with Crippen LogP contribution in [0.5, 0.6) is 0 Å². The molecule has 1 N–H and O–H groups in total. The van der Waals surface area contributed by atoms with Crippen molar-refractivity contribution in [2.24, 2.45) is 5.41 Å². The lowest BCUT2D eigenvalue weighted by Gasteiger charge is -2.27. The number of aromatic nitrogens is 5. The van der Waals surface area contributed by atoms with E-state index in [0.717, 1.165) is 41.9 Å². The Morgan fingerprint density at radius 3 is 2.68 bits per heavy atom. The molecule has 0 radical (unpaired) electrons. The molecule has 28 heavy (non-hydrogen) atoms. The second-order valence-corrected chi connectivity index (χ2v) is 8.40. The van der Waals surface area contributed by atoms with E-state index in [1.54, 1.807) is 12.4 Å². The maximum Gasteiger partial charge on any atom is 0.223 e. The van der Waals surface area contributed by atoms with Crippen LogP contribution >= 0.6 is 0 Å². The lowest BCUT2D eigenvalue weighted by molar-refractivity contribution is 0.351. The highest BCUT2D eigenvalue weighted by Gasteiger charge is 2.21. The van der Waals surface area contributed by atoms with E-state index < -0.39 is 0 Å². The first-order chi connectivity index (χ1) is 13.4. The first-order valence-corrected chi connectivity index (χ1v) is 9.89. The third-order valence-electron chi connectivity index (χ3n) is 4.54. The van der Waals surface area contributed by atoms with Crippen LogP contribution in [0.25, 0.3) is 11.3 Å². The standard InChI is InChI=1S/C22H30N6/c1-6-12-28-15-18(16(2)27-28)19-9-11-24-21(25-19)26-20(13-22(3,4)5)17-8-7-10-23-14-17/h7-11,14-15,20H,6,12-13H2,1-5H3,(H,24,25,26)/t20-/m1/s1. The monoisotopic (exact) mass is 378 g/mol. The predicted octanol–water partition coefficient (Wildman–Crippen LogP) is 5.04. The van der Waals surface area contributed by atoms with Gasteiger partial charge in [0.1, 0.15) is 0 Å². The number of anilines is 1. The molecule has 0 bridgehead atoms. The van der Waals surface area contributed by atoms with Crippen LogP contribution in [0.3, 0.4) is 0 Å². The molecule has 148 valence electrons. The van der Waals surface area contributed by atoms with Crippen LogP contribution in [-0.4, -0.2) is 24.7 Å². The summed E-state index contributed by atoms with van der Waals surface area (Å²) >= 11 is 0. The molecule has 3 rings (SSSR count). The van der Waals surface area contributed by atoms with Gasteiger partial charge in [-0.2, -0.15) is 5.10 Å².